The molecule has 0 amide bonds. The van der Waals surface area contributed by atoms with Gasteiger partial charge in [-0.25, -0.2) is 0 Å². The van der Waals surface area contributed by atoms with Gasteiger partial charge in [-0.3, -0.25) is 9.69 Å². The van der Waals surface area contributed by atoms with Crippen LogP contribution in [-0.2, 0) is 13.0 Å². The number of halogens is 1. The monoisotopic (exact) mass is 275 g/mol. The quantitative estimate of drug-likeness (QED) is 0.741. The van der Waals surface area contributed by atoms with E-state index in [1.165, 1.54) is 12.8 Å². The smallest absolute Gasteiger partial charge is 0.197 e. The van der Waals surface area contributed by atoms with Gasteiger partial charge in [-0.1, -0.05) is 17.7 Å². The lowest BCUT2D eigenvalue weighted by molar-refractivity contribution is 0.211. The molecule has 4 rings (SSSR count). The standard InChI is InChI=1S/C15H14ClNO2/c16-12-5-1-4-10-14(18)11-8-17-6-2-3-9(17)7-13(11)19-15(10)12/h1,4-5,9H,2-3,6-8H2. The third kappa shape index (κ3) is 1.65. The summed E-state index contributed by atoms with van der Waals surface area (Å²) in [6, 6.07) is 5.90. The number of fused-ring (bicyclic) bond motifs is 3. The second-order valence-electron chi connectivity index (χ2n) is 5.42. The van der Waals surface area contributed by atoms with Gasteiger partial charge in [0.1, 0.15) is 5.76 Å². The fraction of sp³-hybridized carbons (Fsp3) is 0.400. The van der Waals surface area contributed by atoms with E-state index in [0.717, 1.165) is 30.8 Å². The molecule has 1 unspecified atom stereocenters. The molecule has 3 nitrogen and oxygen atoms in total. The first-order valence-electron chi connectivity index (χ1n) is 6.71. The van der Waals surface area contributed by atoms with Crippen molar-refractivity contribution in [1.29, 1.82) is 0 Å². The predicted molar refractivity (Wildman–Crippen MR) is 74.6 cm³/mol. The van der Waals surface area contributed by atoms with Crippen molar-refractivity contribution in [2.24, 2.45) is 0 Å². The van der Waals surface area contributed by atoms with Gasteiger partial charge in [-0.2, -0.15) is 0 Å². The van der Waals surface area contributed by atoms with Crippen molar-refractivity contribution < 1.29 is 4.42 Å². The lowest BCUT2D eigenvalue weighted by Crippen LogP contribution is -2.38. The van der Waals surface area contributed by atoms with Crippen LogP contribution < -0.4 is 5.43 Å². The van der Waals surface area contributed by atoms with E-state index >= 15 is 0 Å². The lowest BCUT2D eigenvalue weighted by atomic mass is 9.99. The van der Waals surface area contributed by atoms with E-state index in [1.54, 1.807) is 18.2 Å². The number of nitrogens with zero attached hydrogens (tertiary/aromatic N) is 1. The molecule has 0 bridgehead atoms. The largest absolute Gasteiger partial charge is 0.459 e. The van der Waals surface area contributed by atoms with E-state index in [-0.39, 0.29) is 5.43 Å². The minimum Gasteiger partial charge on any atom is -0.459 e. The van der Waals surface area contributed by atoms with Crippen LogP contribution in [0.4, 0.5) is 0 Å². The van der Waals surface area contributed by atoms with Crippen LogP contribution in [-0.4, -0.2) is 17.5 Å². The van der Waals surface area contributed by atoms with E-state index < -0.39 is 0 Å². The zero-order valence-corrected chi connectivity index (χ0v) is 11.2. The molecule has 2 aliphatic heterocycles. The first-order chi connectivity index (χ1) is 9.24. The first-order valence-corrected chi connectivity index (χ1v) is 7.09. The van der Waals surface area contributed by atoms with Crippen LogP contribution in [0.25, 0.3) is 11.0 Å². The van der Waals surface area contributed by atoms with Crippen LogP contribution in [0, 0.1) is 0 Å². The Kier molecular flexibility index (Phi) is 2.47. The molecular formula is C15H14ClNO2. The number of hydrogen-bond acceptors (Lipinski definition) is 3. The molecule has 1 fully saturated rings. The van der Waals surface area contributed by atoms with E-state index in [4.69, 9.17) is 16.0 Å². The molecule has 4 heteroatoms. The van der Waals surface area contributed by atoms with E-state index in [1.807, 2.05) is 0 Å². The van der Waals surface area contributed by atoms with Crippen molar-refractivity contribution in [3.05, 3.63) is 44.8 Å². The van der Waals surface area contributed by atoms with Crippen LogP contribution in [0.3, 0.4) is 0 Å². The third-order valence-electron chi connectivity index (χ3n) is 4.33. The Bertz CT molecular complexity index is 722. The Morgan fingerprint density at radius 3 is 3.16 bits per heavy atom. The summed E-state index contributed by atoms with van der Waals surface area (Å²) in [6.45, 7) is 1.82. The Morgan fingerprint density at radius 2 is 2.26 bits per heavy atom. The Hall–Kier alpha value is -1.32. The Labute approximate surface area is 115 Å². The molecule has 98 valence electrons. The van der Waals surface area contributed by atoms with E-state index in [2.05, 4.69) is 4.90 Å². The van der Waals surface area contributed by atoms with E-state index in [9.17, 15) is 4.79 Å². The highest BCUT2D eigenvalue weighted by atomic mass is 35.5. The maximum atomic E-state index is 12.6. The fourth-order valence-electron chi connectivity index (χ4n) is 3.34. The highest BCUT2D eigenvalue weighted by molar-refractivity contribution is 6.34. The SMILES string of the molecule is O=c1c2c(oc3c(Cl)cccc13)CC1CCCN1C2. The van der Waals surface area contributed by atoms with Gasteiger partial charge in [0.25, 0.3) is 0 Å². The van der Waals surface area contributed by atoms with Crippen LogP contribution in [0.5, 0.6) is 0 Å². The normalized spacial score (nSPS) is 22.5. The average Bonchev–Trinajstić information content (AvgIpc) is 2.86. The van der Waals surface area contributed by atoms with Crippen LogP contribution >= 0.6 is 11.6 Å². The molecule has 1 saturated heterocycles. The first kappa shape index (κ1) is 11.5. The number of benzene rings is 1. The zero-order valence-electron chi connectivity index (χ0n) is 10.5. The summed E-state index contributed by atoms with van der Waals surface area (Å²) in [7, 11) is 0. The van der Waals surface area contributed by atoms with Gasteiger partial charge in [-0.05, 0) is 31.5 Å². The van der Waals surface area contributed by atoms with Gasteiger partial charge < -0.3 is 4.42 Å². The fourth-order valence-corrected chi connectivity index (χ4v) is 3.55. The van der Waals surface area contributed by atoms with Crippen molar-refractivity contribution in [2.45, 2.75) is 31.8 Å². The van der Waals surface area contributed by atoms with Crippen LogP contribution in [0.1, 0.15) is 24.2 Å². The molecule has 0 saturated carbocycles. The average molecular weight is 276 g/mol. The summed E-state index contributed by atoms with van der Waals surface area (Å²) in [6.07, 6.45) is 3.25. The molecule has 19 heavy (non-hydrogen) atoms. The van der Waals surface area contributed by atoms with Gasteiger partial charge in [0.15, 0.2) is 11.0 Å². The van der Waals surface area contributed by atoms with Crippen molar-refractivity contribution in [2.75, 3.05) is 6.54 Å². The van der Waals surface area contributed by atoms with Gasteiger partial charge in [0.05, 0.1) is 16.0 Å². The molecule has 0 aliphatic carbocycles. The molecular weight excluding hydrogens is 262 g/mol. The van der Waals surface area contributed by atoms with Gasteiger partial charge >= 0.3 is 0 Å². The van der Waals surface area contributed by atoms with Gasteiger partial charge in [-0.15, -0.1) is 0 Å². The van der Waals surface area contributed by atoms with Crippen molar-refractivity contribution in [3.63, 3.8) is 0 Å². The molecule has 1 atom stereocenters. The van der Waals surface area contributed by atoms with Crippen molar-refractivity contribution in [1.82, 2.24) is 4.90 Å². The highest BCUT2D eigenvalue weighted by Gasteiger charge is 2.33. The molecule has 2 aromatic rings. The minimum atomic E-state index is 0.0871. The van der Waals surface area contributed by atoms with Crippen LogP contribution in [0.2, 0.25) is 5.02 Å². The molecule has 2 aliphatic rings. The van der Waals surface area contributed by atoms with Crippen molar-refractivity contribution >= 4 is 22.6 Å². The highest BCUT2D eigenvalue weighted by Crippen LogP contribution is 2.31. The maximum absolute atomic E-state index is 12.6. The summed E-state index contributed by atoms with van der Waals surface area (Å²) in [5, 5.41) is 1.12. The second-order valence-corrected chi connectivity index (χ2v) is 5.83. The molecule has 0 radical (unpaired) electrons. The summed E-state index contributed by atoms with van der Waals surface area (Å²) < 4.78 is 5.95. The Morgan fingerprint density at radius 1 is 1.37 bits per heavy atom. The third-order valence-corrected chi connectivity index (χ3v) is 4.63. The molecule has 0 N–H and O–H groups in total. The van der Waals surface area contributed by atoms with Gasteiger partial charge in [0.2, 0.25) is 0 Å². The molecule has 1 aromatic heterocycles. The summed E-state index contributed by atoms with van der Waals surface area (Å²) in [5.41, 5.74) is 1.45. The molecule has 1 aromatic carbocycles. The summed E-state index contributed by atoms with van der Waals surface area (Å²) in [4.78, 5) is 15.0. The number of rotatable bonds is 0. The molecule has 0 spiro atoms. The topological polar surface area (TPSA) is 33.5 Å². The predicted octanol–water partition coefficient (Wildman–Crippen LogP) is 2.97. The minimum absolute atomic E-state index is 0.0871. The van der Waals surface area contributed by atoms with Crippen LogP contribution in [0.15, 0.2) is 27.4 Å². The summed E-state index contributed by atoms with van der Waals surface area (Å²) in [5.74, 6) is 0.841. The van der Waals surface area contributed by atoms with Crippen molar-refractivity contribution in [3.8, 4) is 0 Å². The second kappa shape index (κ2) is 4.09. The summed E-state index contributed by atoms with van der Waals surface area (Å²) >= 11 is 6.14. The van der Waals surface area contributed by atoms with E-state index in [0.29, 0.717) is 22.0 Å². The lowest BCUT2D eigenvalue weighted by Gasteiger charge is -2.29. The maximum Gasteiger partial charge on any atom is 0.197 e. The zero-order chi connectivity index (χ0) is 13.0. The Balaban J connectivity index is 1.98. The number of para-hydroxylation sites is 1. The molecule has 3 heterocycles. The van der Waals surface area contributed by atoms with Gasteiger partial charge in [0, 0.05) is 19.0 Å². The number of hydrogen-bond donors (Lipinski definition) is 0.